The van der Waals surface area contributed by atoms with Crippen LogP contribution in [0.3, 0.4) is 0 Å². The van der Waals surface area contributed by atoms with E-state index in [9.17, 15) is 19.2 Å². The van der Waals surface area contributed by atoms with Gasteiger partial charge >= 0.3 is 12.1 Å². The number of esters is 1. The molecule has 12 nitrogen and oxygen atoms in total. The minimum absolute atomic E-state index is 0. The number of nitrogens with one attached hydrogen (secondary N) is 2. The zero-order valence-electron chi connectivity index (χ0n) is 24.6. The Hall–Kier alpha value is -2.34. The van der Waals surface area contributed by atoms with Crippen molar-refractivity contribution < 1.29 is 61.4 Å². The maximum absolute atomic E-state index is 14.0. The van der Waals surface area contributed by atoms with Crippen LogP contribution < -0.4 is 10.6 Å². The molecule has 4 rings (SSSR count). The van der Waals surface area contributed by atoms with Gasteiger partial charge in [-0.25, -0.2) is 14.4 Å². The molecule has 2 N–H and O–H groups in total. The van der Waals surface area contributed by atoms with Crippen molar-refractivity contribution in [1.82, 2.24) is 30.5 Å². The second kappa shape index (κ2) is 13.8. The first-order valence-electron chi connectivity index (χ1n) is 14.2. The minimum Gasteiger partial charge on any atom is -0.464 e. The summed E-state index contributed by atoms with van der Waals surface area (Å²) in [4.78, 5) is 56.5. The molecule has 5 atom stereocenters. The zero-order chi connectivity index (χ0) is 29.1. The molecule has 0 spiro atoms. The topological polar surface area (TPSA) is 145 Å². The second-order valence-corrected chi connectivity index (χ2v) is 11.9. The Morgan fingerprint density at radius 2 is 2.00 bits per heavy atom. The monoisotopic (exact) mass is 646 g/mol. The fourth-order valence-corrected chi connectivity index (χ4v) is 5.43. The number of ether oxygens (including phenoxy) is 2. The summed E-state index contributed by atoms with van der Waals surface area (Å²) in [5, 5.41) is 14.2. The first kappa shape index (κ1) is 33.2. The molecule has 1 saturated heterocycles. The van der Waals surface area contributed by atoms with Crippen molar-refractivity contribution in [2.45, 2.75) is 109 Å². The number of alkyl carbamates (subject to hydrolysis) is 1. The van der Waals surface area contributed by atoms with Crippen LogP contribution in [0.1, 0.15) is 84.4 Å². The Labute approximate surface area is 266 Å². The fourth-order valence-electron chi connectivity index (χ4n) is 5.43. The van der Waals surface area contributed by atoms with Crippen molar-refractivity contribution in [3.8, 4) is 0 Å². The van der Waals surface area contributed by atoms with Crippen LogP contribution in [0.2, 0.25) is 0 Å². The average molecular weight is 647 g/mol. The van der Waals surface area contributed by atoms with E-state index in [4.69, 9.17) is 9.47 Å². The van der Waals surface area contributed by atoms with Crippen molar-refractivity contribution in [1.29, 1.82) is 0 Å². The van der Waals surface area contributed by atoms with Crippen LogP contribution in [-0.2, 0) is 56.6 Å². The van der Waals surface area contributed by atoms with Crippen LogP contribution in [0.5, 0.6) is 0 Å². The van der Waals surface area contributed by atoms with Crippen molar-refractivity contribution in [2.24, 2.45) is 5.92 Å². The van der Waals surface area contributed by atoms with Crippen molar-refractivity contribution in [3.63, 3.8) is 0 Å². The van der Waals surface area contributed by atoms with Crippen molar-refractivity contribution in [2.75, 3.05) is 13.2 Å². The number of aromatic nitrogens is 3. The van der Waals surface area contributed by atoms with Gasteiger partial charge in [0.1, 0.15) is 23.2 Å². The molecule has 1 aliphatic carbocycles. The van der Waals surface area contributed by atoms with Crippen LogP contribution >= 0.6 is 0 Å². The molecule has 2 unspecified atom stereocenters. The Kier molecular flexibility index (Phi) is 11.1. The number of carbonyl (C=O) groups is 4. The summed E-state index contributed by atoms with van der Waals surface area (Å²) in [6, 6.07) is -2.15. The van der Waals surface area contributed by atoms with Gasteiger partial charge in [0.05, 0.1) is 12.6 Å². The van der Waals surface area contributed by atoms with E-state index in [0.29, 0.717) is 25.0 Å². The first-order chi connectivity index (χ1) is 18.9. The zero-order valence-corrected chi connectivity index (χ0v) is 27.5. The van der Waals surface area contributed by atoms with E-state index in [1.807, 2.05) is 12.2 Å². The van der Waals surface area contributed by atoms with Crippen LogP contribution in [0.15, 0.2) is 12.2 Å². The molecule has 41 heavy (non-hydrogen) atoms. The maximum Gasteiger partial charge on any atom is 0.408 e. The number of carbonyl (C=O) groups excluding carboxylic acids is 4. The van der Waals surface area contributed by atoms with Gasteiger partial charge in [0.15, 0.2) is 0 Å². The summed E-state index contributed by atoms with van der Waals surface area (Å²) in [6.07, 6.45) is 10.5. The fraction of sp³-hybridized carbons (Fsp3) is 0.714. The summed E-state index contributed by atoms with van der Waals surface area (Å²) in [6.45, 7) is 9.12. The Balaban J connectivity index is 0.00000462. The molecule has 3 amide bonds. The molecule has 223 valence electrons. The van der Waals surface area contributed by atoms with Crippen LogP contribution in [-0.4, -0.2) is 80.1 Å². The Bertz CT molecular complexity index is 1150. The number of nitrogens with zero attached hydrogens (tertiary/aromatic N) is 4. The third kappa shape index (κ3) is 8.15. The predicted molar refractivity (Wildman–Crippen MR) is 144 cm³/mol. The van der Waals surface area contributed by atoms with E-state index >= 15 is 0 Å². The van der Waals surface area contributed by atoms with Crippen LogP contribution in [0.4, 0.5) is 4.79 Å². The molecule has 13 heteroatoms. The predicted octanol–water partition coefficient (Wildman–Crippen LogP) is 2.38. The number of amides is 3. The van der Waals surface area contributed by atoms with Gasteiger partial charge in [-0.15, -0.1) is 5.69 Å². The van der Waals surface area contributed by atoms with Crippen LogP contribution in [0, 0.1) is 19.0 Å². The number of aryl methyl sites for hydroxylation is 1. The van der Waals surface area contributed by atoms with Gasteiger partial charge in [0.25, 0.3) is 0 Å². The number of fused-ring (bicyclic) bond motifs is 2. The van der Waals surface area contributed by atoms with E-state index in [-0.39, 0.29) is 70.1 Å². The Morgan fingerprint density at radius 3 is 2.66 bits per heavy atom. The number of hydrogen-bond acceptors (Lipinski definition) is 8. The van der Waals surface area contributed by atoms with Crippen molar-refractivity contribution in [3.05, 3.63) is 24.0 Å². The molecule has 2 fully saturated rings. The Morgan fingerprint density at radius 1 is 1.24 bits per heavy atom. The quantitative estimate of drug-likeness (QED) is 0.288. The smallest absolute Gasteiger partial charge is 0.408 e. The molecular weight excluding hydrogens is 605 g/mol. The standard InChI is InChI=1S/C28H41N6O6.Y/c1-6-39-25(37)28-15-19(28)12-10-8-7-9-11-13-21(30-26(38)40-27(3,4)5)24(36)33-17-20(14-22(33)23(35)31-28)34-29-16-18(2)32-34;/h10,12,19-22H,6-9,11,13-15,17H2,1-5H3,(H,30,38)(H,31,35);/q-1;/b12-10-;/t19?,20?,21-,22-,28+;/m0./s1. The summed E-state index contributed by atoms with van der Waals surface area (Å²) < 4.78 is 10.8. The van der Waals surface area contributed by atoms with Crippen molar-refractivity contribution >= 4 is 23.9 Å². The molecule has 1 radical (unpaired) electrons. The molecule has 0 aromatic carbocycles. The number of rotatable bonds is 4. The number of allylic oxidation sites excluding steroid dienone is 1. The molecule has 1 aromatic heterocycles. The molecule has 1 aromatic rings. The first-order valence-corrected chi connectivity index (χ1v) is 14.2. The van der Waals surface area contributed by atoms with E-state index in [1.54, 1.807) is 34.6 Å². The normalized spacial score (nSPS) is 29.4. The second-order valence-electron chi connectivity index (χ2n) is 11.9. The molecule has 1 saturated carbocycles. The summed E-state index contributed by atoms with van der Waals surface area (Å²) >= 11 is 0. The molecule has 2 aliphatic heterocycles. The molecule has 3 aliphatic rings. The summed E-state index contributed by atoms with van der Waals surface area (Å²) in [5.74, 6) is -1.47. The largest absolute Gasteiger partial charge is 0.464 e. The van der Waals surface area contributed by atoms with Gasteiger partial charge in [-0.05, 0) is 53.4 Å². The third-order valence-electron chi connectivity index (χ3n) is 7.48. The van der Waals surface area contributed by atoms with Gasteiger partial charge < -0.3 is 36.3 Å². The number of hydrogen-bond donors (Lipinski definition) is 2. The van der Waals surface area contributed by atoms with Crippen LogP contribution in [0.25, 0.3) is 0 Å². The van der Waals surface area contributed by atoms with Gasteiger partial charge in [-0.1, -0.05) is 31.9 Å². The van der Waals surface area contributed by atoms with E-state index in [1.165, 1.54) is 9.70 Å². The maximum atomic E-state index is 14.0. The van der Waals surface area contributed by atoms with Gasteiger partial charge in [-0.2, -0.15) is 5.10 Å². The third-order valence-corrected chi connectivity index (χ3v) is 7.48. The van der Waals surface area contributed by atoms with E-state index in [0.717, 1.165) is 19.3 Å². The minimum atomic E-state index is -1.15. The van der Waals surface area contributed by atoms with E-state index < -0.39 is 41.2 Å². The van der Waals surface area contributed by atoms with E-state index in [2.05, 4.69) is 27.0 Å². The van der Waals surface area contributed by atoms with Gasteiger partial charge in [0.2, 0.25) is 11.8 Å². The van der Waals surface area contributed by atoms with Gasteiger partial charge in [0, 0.05) is 51.6 Å². The average Bonchev–Trinajstić information content (AvgIpc) is 3.17. The SMILES string of the molecule is CCOC(=O)[C@@]12CC1/C=C\CCCCC[C@H](NC(=O)OC(C)(C)C)C(=O)N1CC(n3n[c-]c(C)n3)C[C@H]1C(=O)N2.[Y]. The van der Waals surface area contributed by atoms with Gasteiger partial charge in [-0.3, -0.25) is 9.59 Å². The molecule has 3 heterocycles. The molecule has 0 bridgehead atoms. The summed E-state index contributed by atoms with van der Waals surface area (Å²) in [7, 11) is 0. The molecular formula is C28H41N6O6Y-. The summed E-state index contributed by atoms with van der Waals surface area (Å²) in [5.41, 5.74) is -1.29.